The fourth-order valence-corrected chi connectivity index (χ4v) is 2.65. The summed E-state index contributed by atoms with van der Waals surface area (Å²) in [7, 11) is 0. The molecule has 2 amide bonds. The Morgan fingerprint density at radius 1 is 1.30 bits per heavy atom. The highest BCUT2D eigenvalue weighted by Crippen LogP contribution is 2.08. The van der Waals surface area contributed by atoms with Crippen LogP contribution in [0.5, 0.6) is 0 Å². The lowest BCUT2D eigenvalue weighted by Crippen LogP contribution is -2.37. The molecule has 1 aliphatic rings. The third kappa shape index (κ3) is 5.65. The Balaban J connectivity index is 1.74. The standard InChI is InChI=1S/C17H25N3O3/c1-13(21)20(12-14-5-3-2-4-6-14)8-7-17(23)19-10-15-9-18-11-16(15)22/h2-6,15-16,18,22H,7-12H2,1H3,(H,19,23). The third-order valence-electron chi connectivity index (χ3n) is 4.14. The van der Waals surface area contributed by atoms with E-state index in [0.717, 1.165) is 12.1 Å². The number of aliphatic hydroxyl groups excluding tert-OH is 1. The molecule has 6 heteroatoms. The lowest BCUT2D eigenvalue weighted by molar-refractivity contribution is -0.130. The molecule has 0 bridgehead atoms. The molecule has 1 aromatic rings. The minimum absolute atomic E-state index is 0.0444. The van der Waals surface area contributed by atoms with E-state index in [2.05, 4.69) is 10.6 Å². The van der Waals surface area contributed by atoms with Crippen LogP contribution in [0.1, 0.15) is 18.9 Å². The Morgan fingerprint density at radius 2 is 2.04 bits per heavy atom. The summed E-state index contributed by atoms with van der Waals surface area (Å²) >= 11 is 0. The SMILES string of the molecule is CC(=O)N(CCC(=O)NCC1CNCC1O)Cc1ccccc1. The molecule has 2 atom stereocenters. The highest BCUT2D eigenvalue weighted by molar-refractivity contribution is 5.78. The number of benzene rings is 1. The number of amides is 2. The van der Waals surface area contributed by atoms with Crippen LogP contribution in [0.4, 0.5) is 0 Å². The molecular weight excluding hydrogens is 294 g/mol. The van der Waals surface area contributed by atoms with Gasteiger partial charge in [0.25, 0.3) is 0 Å². The number of rotatable bonds is 7. The van der Waals surface area contributed by atoms with Crippen LogP contribution in [0, 0.1) is 5.92 Å². The topological polar surface area (TPSA) is 81.7 Å². The van der Waals surface area contributed by atoms with E-state index >= 15 is 0 Å². The molecule has 0 aromatic heterocycles. The Kier molecular flexibility index (Phi) is 6.55. The van der Waals surface area contributed by atoms with Crippen LogP contribution in [0.25, 0.3) is 0 Å². The highest BCUT2D eigenvalue weighted by atomic mass is 16.3. The van der Waals surface area contributed by atoms with Crippen LogP contribution in [-0.4, -0.2) is 54.1 Å². The zero-order chi connectivity index (χ0) is 16.7. The Hall–Kier alpha value is -1.92. The van der Waals surface area contributed by atoms with Gasteiger partial charge in [-0.15, -0.1) is 0 Å². The molecule has 1 heterocycles. The first-order valence-electron chi connectivity index (χ1n) is 8.01. The van der Waals surface area contributed by atoms with Crippen LogP contribution < -0.4 is 10.6 Å². The maximum atomic E-state index is 11.9. The summed E-state index contributed by atoms with van der Waals surface area (Å²) in [6.07, 6.45) is -0.134. The summed E-state index contributed by atoms with van der Waals surface area (Å²) in [5.74, 6) is -0.0762. The van der Waals surface area contributed by atoms with E-state index in [1.165, 1.54) is 6.92 Å². The molecule has 0 aliphatic carbocycles. The van der Waals surface area contributed by atoms with Crippen molar-refractivity contribution in [2.45, 2.75) is 26.0 Å². The second kappa shape index (κ2) is 8.64. The van der Waals surface area contributed by atoms with Gasteiger partial charge in [-0.05, 0) is 5.56 Å². The molecule has 1 saturated heterocycles. The van der Waals surface area contributed by atoms with Gasteiger partial charge >= 0.3 is 0 Å². The number of hydrogen-bond donors (Lipinski definition) is 3. The van der Waals surface area contributed by atoms with Gasteiger partial charge in [0.05, 0.1) is 6.10 Å². The lowest BCUT2D eigenvalue weighted by atomic mass is 10.1. The van der Waals surface area contributed by atoms with Crippen molar-refractivity contribution in [2.24, 2.45) is 5.92 Å². The summed E-state index contributed by atoms with van der Waals surface area (Å²) < 4.78 is 0. The van der Waals surface area contributed by atoms with Gasteiger partial charge in [0.15, 0.2) is 0 Å². The first kappa shape index (κ1) is 17.4. The smallest absolute Gasteiger partial charge is 0.221 e. The monoisotopic (exact) mass is 319 g/mol. The molecule has 0 spiro atoms. The summed E-state index contributed by atoms with van der Waals surface area (Å²) in [6, 6.07) is 9.72. The fourth-order valence-electron chi connectivity index (χ4n) is 2.65. The first-order chi connectivity index (χ1) is 11.1. The van der Waals surface area contributed by atoms with E-state index in [1.807, 2.05) is 30.3 Å². The van der Waals surface area contributed by atoms with Crippen molar-refractivity contribution in [3.63, 3.8) is 0 Å². The maximum Gasteiger partial charge on any atom is 0.221 e. The van der Waals surface area contributed by atoms with Crippen LogP contribution in [0.2, 0.25) is 0 Å². The van der Waals surface area contributed by atoms with Gasteiger partial charge in [-0.1, -0.05) is 30.3 Å². The largest absolute Gasteiger partial charge is 0.391 e. The molecule has 126 valence electrons. The lowest BCUT2D eigenvalue weighted by Gasteiger charge is -2.21. The van der Waals surface area contributed by atoms with Crippen molar-refractivity contribution in [3.8, 4) is 0 Å². The second-order valence-electron chi connectivity index (χ2n) is 5.97. The number of carbonyl (C=O) groups is 2. The van der Waals surface area contributed by atoms with Gasteiger partial charge < -0.3 is 20.6 Å². The van der Waals surface area contributed by atoms with Crippen LogP contribution in [0.3, 0.4) is 0 Å². The minimum atomic E-state index is -0.401. The van der Waals surface area contributed by atoms with E-state index in [0.29, 0.717) is 26.2 Å². The third-order valence-corrected chi connectivity index (χ3v) is 4.14. The Bertz CT molecular complexity index is 521. The molecule has 0 radical (unpaired) electrons. The average molecular weight is 319 g/mol. The van der Waals surface area contributed by atoms with Gasteiger partial charge in [0, 0.05) is 52.0 Å². The van der Waals surface area contributed by atoms with Gasteiger partial charge in [0.2, 0.25) is 11.8 Å². The van der Waals surface area contributed by atoms with Gasteiger partial charge in [-0.2, -0.15) is 0 Å². The zero-order valence-electron chi connectivity index (χ0n) is 13.5. The number of aliphatic hydroxyl groups is 1. The first-order valence-corrected chi connectivity index (χ1v) is 8.01. The number of carbonyl (C=O) groups excluding carboxylic acids is 2. The van der Waals surface area contributed by atoms with Crippen LogP contribution >= 0.6 is 0 Å². The minimum Gasteiger partial charge on any atom is -0.391 e. The number of hydrogen-bond acceptors (Lipinski definition) is 4. The molecule has 3 N–H and O–H groups in total. The second-order valence-corrected chi connectivity index (χ2v) is 5.97. The average Bonchev–Trinajstić information content (AvgIpc) is 2.95. The predicted octanol–water partition coefficient (Wildman–Crippen LogP) is 0.122. The molecule has 1 aliphatic heterocycles. The number of nitrogens with one attached hydrogen (secondary N) is 2. The van der Waals surface area contributed by atoms with Crippen molar-refractivity contribution in [1.82, 2.24) is 15.5 Å². The summed E-state index contributed by atoms with van der Waals surface area (Å²) in [5.41, 5.74) is 1.04. The van der Waals surface area contributed by atoms with Crippen molar-refractivity contribution < 1.29 is 14.7 Å². The summed E-state index contributed by atoms with van der Waals surface area (Å²) in [5, 5.41) is 15.6. The van der Waals surface area contributed by atoms with E-state index in [9.17, 15) is 14.7 Å². The highest BCUT2D eigenvalue weighted by Gasteiger charge is 2.25. The molecule has 2 unspecified atom stereocenters. The fraction of sp³-hybridized carbons (Fsp3) is 0.529. The van der Waals surface area contributed by atoms with E-state index < -0.39 is 6.10 Å². The van der Waals surface area contributed by atoms with Crippen LogP contribution in [0.15, 0.2) is 30.3 Å². The molecule has 2 rings (SSSR count). The predicted molar refractivity (Wildman–Crippen MR) is 87.5 cm³/mol. The molecular formula is C17H25N3O3. The van der Waals surface area contributed by atoms with Gasteiger partial charge in [-0.3, -0.25) is 9.59 Å². The van der Waals surface area contributed by atoms with Crippen molar-refractivity contribution in [3.05, 3.63) is 35.9 Å². The molecule has 1 fully saturated rings. The molecule has 23 heavy (non-hydrogen) atoms. The Labute approximate surface area is 136 Å². The Morgan fingerprint density at radius 3 is 2.65 bits per heavy atom. The van der Waals surface area contributed by atoms with Gasteiger partial charge in [0.1, 0.15) is 0 Å². The van der Waals surface area contributed by atoms with Crippen molar-refractivity contribution >= 4 is 11.8 Å². The maximum absolute atomic E-state index is 11.9. The van der Waals surface area contributed by atoms with E-state index in [1.54, 1.807) is 4.90 Å². The molecule has 0 saturated carbocycles. The van der Waals surface area contributed by atoms with Crippen LogP contribution in [-0.2, 0) is 16.1 Å². The number of β-amino-alcohol motifs (C(OH)–C–C–N with tert-alkyl or cyclic N) is 1. The van der Waals surface area contributed by atoms with Gasteiger partial charge in [-0.25, -0.2) is 0 Å². The quantitative estimate of drug-likeness (QED) is 0.667. The normalized spacial score (nSPS) is 20.3. The molecule has 6 nitrogen and oxygen atoms in total. The van der Waals surface area contributed by atoms with Crippen molar-refractivity contribution in [1.29, 1.82) is 0 Å². The summed E-state index contributed by atoms with van der Waals surface area (Å²) in [6.45, 7) is 4.17. The zero-order valence-corrected chi connectivity index (χ0v) is 13.5. The summed E-state index contributed by atoms with van der Waals surface area (Å²) in [4.78, 5) is 25.3. The van der Waals surface area contributed by atoms with Crippen molar-refractivity contribution in [2.75, 3.05) is 26.2 Å². The molecule has 1 aromatic carbocycles. The van der Waals surface area contributed by atoms with E-state index in [-0.39, 0.29) is 24.2 Å². The van der Waals surface area contributed by atoms with E-state index in [4.69, 9.17) is 0 Å². The number of nitrogens with zero attached hydrogens (tertiary/aromatic N) is 1.